The van der Waals surface area contributed by atoms with Gasteiger partial charge in [-0.1, -0.05) is 12.1 Å². The second-order valence-corrected chi connectivity index (χ2v) is 6.71. The number of methoxy groups -OCH3 is 2. The van der Waals surface area contributed by atoms with E-state index in [0.717, 1.165) is 38.3 Å². The summed E-state index contributed by atoms with van der Waals surface area (Å²) in [5.74, 6) is -1.37. The molecule has 0 spiro atoms. The van der Waals surface area contributed by atoms with E-state index in [9.17, 15) is 19.8 Å². The van der Waals surface area contributed by atoms with E-state index >= 15 is 0 Å². The number of aromatic hydroxyl groups is 2. The maximum absolute atomic E-state index is 10.2. The van der Waals surface area contributed by atoms with E-state index in [0.29, 0.717) is 22.6 Å². The number of carboxylic acid groups (broad SMARTS) is 2. The minimum absolute atomic E-state index is 0.0139. The molecule has 10 heteroatoms. The molecule has 184 valence electrons. The standard InChI is InChI=1S/2C10H10O4.C4H10N2/c2*1-14-9-4-2-7(6-8(9)11)3-5-10(12)13;1-2-6-4-3-5-1/h2*2-6,11H,1H3,(H,12,13);5-6H,1-4H2/b2*5-3+;. The van der Waals surface area contributed by atoms with Gasteiger partial charge in [-0.25, -0.2) is 9.59 Å². The first-order chi connectivity index (χ1) is 16.3. The summed E-state index contributed by atoms with van der Waals surface area (Å²) >= 11 is 0. The molecule has 2 aromatic rings. The molecule has 1 fully saturated rings. The Morgan fingerprint density at radius 3 is 1.32 bits per heavy atom. The zero-order valence-corrected chi connectivity index (χ0v) is 19.0. The van der Waals surface area contributed by atoms with Gasteiger partial charge in [0.1, 0.15) is 0 Å². The summed E-state index contributed by atoms with van der Waals surface area (Å²) in [4.78, 5) is 20.4. The first-order valence-corrected chi connectivity index (χ1v) is 10.2. The number of aliphatic carboxylic acids is 2. The van der Waals surface area contributed by atoms with Gasteiger partial charge in [0, 0.05) is 38.3 Å². The summed E-state index contributed by atoms with van der Waals surface area (Å²) in [6, 6.07) is 9.29. The van der Waals surface area contributed by atoms with Crippen molar-refractivity contribution in [2.45, 2.75) is 0 Å². The second kappa shape index (κ2) is 15.7. The first-order valence-electron chi connectivity index (χ1n) is 10.2. The molecule has 0 amide bonds. The van der Waals surface area contributed by atoms with Gasteiger partial charge in [-0.2, -0.15) is 0 Å². The van der Waals surface area contributed by atoms with E-state index in [1.165, 1.54) is 38.5 Å². The molecule has 34 heavy (non-hydrogen) atoms. The van der Waals surface area contributed by atoms with Crippen molar-refractivity contribution in [1.29, 1.82) is 0 Å². The number of phenolic OH excluding ortho intramolecular Hbond substituents is 2. The average molecular weight is 475 g/mol. The molecule has 0 saturated carbocycles. The van der Waals surface area contributed by atoms with Crippen molar-refractivity contribution in [1.82, 2.24) is 10.6 Å². The van der Waals surface area contributed by atoms with E-state index in [-0.39, 0.29) is 11.5 Å². The van der Waals surface area contributed by atoms with Crippen molar-refractivity contribution in [3.63, 3.8) is 0 Å². The van der Waals surface area contributed by atoms with Crippen LogP contribution in [0.4, 0.5) is 0 Å². The highest BCUT2D eigenvalue weighted by Gasteiger charge is 2.01. The molecule has 0 radical (unpaired) electrons. The van der Waals surface area contributed by atoms with Crippen molar-refractivity contribution in [3.8, 4) is 23.0 Å². The monoisotopic (exact) mass is 474 g/mol. The van der Waals surface area contributed by atoms with Gasteiger partial charge in [0.2, 0.25) is 0 Å². The Morgan fingerprint density at radius 1 is 0.735 bits per heavy atom. The van der Waals surface area contributed by atoms with Crippen LogP contribution in [0.5, 0.6) is 23.0 Å². The van der Waals surface area contributed by atoms with Gasteiger partial charge < -0.3 is 40.5 Å². The molecule has 0 aliphatic carbocycles. The van der Waals surface area contributed by atoms with Gasteiger partial charge in [-0.3, -0.25) is 0 Å². The van der Waals surface area contributed by atoms with E-state index in [2.05, 4.69) is 10.6 Å². The van der Waals surface area contributed by atoms with E-state index < -0.39 is 11.9 Å². The summed E-state index contributed by atoms with van der Waals surface area (Å²) in [5, 5.41) is 41.9. The van der Waals surface area contributed by atoms with Crippen molar-refractivity contribution >= 4 is 24.1 Å². The predicted octanol–water partition coefficient (Wildman–Crippen LogP) is 2.18. The van der Waals surface area contributed by atoms with Crippen LogP contribution in [0.2, 0.25) is 0 Å². The fraction of sp³-hybridized carbons (Fsp3) is 0.250. The van der Waals surface area contributed by atoms with Crippen LogP contribution in [-0.4, -0.2) is 72.8 Å². The summed E-state index contributed by atoms with van der Waals surface area (Å²) in [7, 11) is 2.89. The van der Waals surface area contributed by atoms with Crippen LogP contribution >= 0.6 is 0 Å². The molecule has 0 unspecified atom stereocenters. The van der Waals surface area contributed by atoms with Crippen LogP contribution in [0.3, 0.4) is 0 Å². The minimum atomic E-state index is -1.03. The number of phenols is 2. The van der Waals surface area contributed by atoms with Crippen LogP contribution in [0.15, 0.2) is 48.6 Å². The van der Waals surface area contributed by atoms with Crippen molar-refractivity contribution in [2.24, 2.45) is 0 Å². The molecule has 3 rings (SSSR count). The van der Waals surface area contributed by atoms with Gasteiger partial charge in [-0.05, 0) is 47.5 Å². The summed E-state index contributed by atoms with van der Waals surface area (Å²) < 4.78 is 9.67. The molecule has 0 aromatic heterocycles. The molecule has 1 aliphatic rings. The summed E-state index contributed by atoms with van der Waals surface area (Å²) in [6.07, 6.45) is 4.78. The van der Waals surface area contributed by atoms with Gasteiger partial charge >= 0.3 is 11.9 Å². The highest BCUT2D eigenvalue weighted by Crippen LogP contribution is 2.27. The van der Waals surface area contributed by atoms with Crippen LogP contribution in [0.1, 0.15) is 11.1 Å². The van der Waals surface area contributed by atoms with Crippen LogP contribution in [0, 0.1) is 0 Å². The first kappa shape index (κ1) is 28.0. The van der Waals surface area contributed by atoms with Gasteiger partial charge in [0.25, 0.3) is 0 Å². The lowest BCUT2D eigenvalue weighted by Gasteiger charge is -2.11. The average Bonchev–Trinajstić information content (AvgIpc) is 2.83. The third-order valence-electron chi connectivity index (χ3n) is 4.20. The Hall–Kier alpha value is -4.02. The maximum atomic E-state index is 10.2. The minimum Gasteiger partial charge on any atom is -0.504 e. The Bertz CT molecular complexity index is 900. The highest BCUT2D eigenvalue weighted by molar-refractivity contribution is 5.85. The van der Waals surface area contributed by atoms with E-state index in [1.807, 2.05) is 0 Å². The van der Waals surface area contributed by atoms with Crippen LogP contribution in [0.25, 0.3) is 12.2 Å². The van der Waals surface area contributed by atoms with E-state index in [4.69, 9.17) is 19.7 Å². The fourth-order valence-corrected chi connectivity index (χ4v) is 2.56. The molecular weight excluding hydrogens is 444 g/mol. The lowest BCUT2D eigenvalue weighted by molar-refractivity contribution is -0.132. The maximum Gasteiger partial charge on any atom is 0.328 e. The number of carboxylic acids is 2. The SMILES string of the molecule is C1CNCCN1.COc1ccc(/C=C/C(=O)O)cc1O.COc1ccc(/C=C/C(=O)O)cc1O. The zero-order valence-electron chi connectivity index (χ0n) is 19.0. The van der Waals surface area contributed by atoms with Gasteiger partial charge in [0.15, 0.2) is 23.0 Å². The van der Waals surface area contributed by atoms with Crippen LogP contribution in [-0.2, 0) is 9.59 Å². The number of hydrogen-bond acceptors (Lipinski definition) is 8. The number of carbonyl (C=O) groups is 2. The Morgan fingerprint density at radius 2 is 1.09 bits per heavy atom. The predicted molar refractivity (Wildman–Crippen MR) is 128 cm³/mol. The van der Waals surface area contributed by atoms with Crippen molar-refractivity contribution in [3.05, 3.63) is 59.7 Å². The van der Waals surface area contributed by atoms with Crippen LogP contribution < -0.4 is 20.1 Å². The number of nitrogens with one attached hydrogen (secondary N) is 2. The zero-order chi connectivity index (χ0) is 25.3. The van der Waals surface area contributed by atoms with Crippen molar-refractivity contribution in [2.75, 3.05) is 40.4 Å². The number of ether oxygens (including phenoxy) is 2. The largest absolute Gasteiger partial charge is 0.504 e. The summed E-state index contributed by atoms with van der Waals surface area (Å²) in [5.41, 5.74) is 1.21. The second-order valence-electron chi connectivity index (χ2n) is 6.71. The Balaban J connectivity index is 0.000000274. The Labute approximate surface area is 197 Å². The molecular formula is C24H30N2O8. The molecule has 0 atom stereocenters. The molecule has 0 bridgehead atoms. The smallest absolute Gasteiger partial charge is 0.328 e. The quantitative estimate of drug-likeness (QED) is 0.343. The van der Waals surface area contributed by atoms with Gasteiger partial charge in [-0.15, -0.1) is 0 Å². The molecule has 1 saturated heterocycles. The molecule has 2 aromatic carbocycles. The Kier molecular flexibility index (Phi) is 13.0. The number of benzene rings is 2. The third-order valence-corrected chi connectivity index (χ3v) is 4.20. The number of hydrogen-bond donors (Lipinski definition) is 6. The fourth-order valence-electron chi connectivity index (χ4n) is 2.56. The topological polar surface area (TPSA) is 158 Å². The number of rotatable bonds is 6. The highest BCUT2D eigenvalue weighted by atomic mass is 16.5. The lowest BCUT2D eigenvalue weighted by atomic mass is 10.2. The molecule has 1 aliphatic heterocycles. The number of piperazine rings is 1. The normalized spacial score (nSPS) is 12.8. The third kappa shape index (κ3) is 11.6. The van der Waals surface area contributed by atoms with Gasteiger partial charge in [0.05, 0.1) is 14.2 Å². The molecule has 1 heterocycles. The molecule has 6 N–H and O–H groups in total. The molecule has 10 nitrogen and oxygen atoms in total. The van der Waals surface area contributed by atoms with E-state index in [1.54, 1.807) is 24.3 Å². The summed E-state index contributed by atoms with van der Waals surface area (Å²) in [6.45, 7) is 4.56. The lowest BCUT2D eigenvalue weighted by Crippen LogP contribution is -2.39. The van der Waals surface area contributed by atoms with Crippen molar-refractivity contribution < 1.29 is 39.5 Å².